The Balaban J connectivity index is 1.63. The van der Waals surface area contributed by atoms with Crippen LogP contribution in [0.15, 0.2) is 6.07 Å². The van der Waals surface area contributed by atoms with Gasteiger partial charge in [-0.2, -0.15) is 9.97 Å². The van der Waals surface area contributed by atoms with E-state index in [4.69, 9.17) is 11.5 Å². The molecule has 19 heavy (non-hydrogen) atoms. The molecule has 104 valence electrons. The first kappa shape index (κ1) is 12.5. The Morgan fingerprint density at radius 2 is 2.00 bits per heavy atom. The summed E-state index contributed by atoms with van der Waals surface area (Å²) in [5.74, 6) is 2.81. The summed E-state index contributed by atoms with van der Waals surface area (Å²) in [6, 6.07) is 2.23. The molecule has 6 nitrogen and oxygen atoms in total. The highest BCUT2D eigenvalue weighted by molar-refractivity contribution is 5.54. The highest BCUT2D eigenvalue weighted by atomic mass is 15.3. The highest BCUT2D eigenvalue weighted by Crippen LogP contribution is 2.26. The van der Waals surface area contributed by atoms with E-state index >= 15 is 0 Å². The number of anilines is 3. The summed E-state index contributed by atoms with van der Waals surface area (Å²) in [6.45, 7) is 2.67. The molecule has 0 amide bonds. The second-order valence-corrected chi connectivity index (χ2v) is 5.67. The van der Waals surface area contributed by atoms with E-state index in [0.29, 0.717) is 5.95 Å². The van der Waals surface area contributed by atoms with Gasteiger partial charge in [-0.1, -0.05) is 12.8 Å². The Labute approximate surface area is 113 Å². The van der Waals surface area contributed by atoms with Gasteiger partial charge in [-0.3, -0.25) is 0 Å². The minimum absolute atomic E-state index is 0.256. The van der Waals surface area contributed by atoms with Crippen molar-refractivity contribution in [3.63, 3.8) is 0 Å². The van der Waals surface area contributed by atoms with Gasteiger partial charge in [0.2, 0.25) is 5.95 Å². The Morgan fingerprint density at radius 1 is 1.26 bits per heavy atom. The molecule has 0 unspecified atom stereocenters. The molecule has 1 saturated heterocycles. The van der Waals surface area contributed by atoms with Crippen LogP contribution in [0.3, 0.4) is 0 Å². The monoisotopic (exact) mass is 262 g/mol. The molecule has 0 spiro atoms. The van der Waals surface area contributed by atoms with Crippen LogP contribution in [-0.2, 0) is 0 Å². The topological polar surface area (TPSA) is 93.1 Å². The predicted molar refractivity (Wildman–Crippen MR) is 77.1 cm³/mol. The van der Waals surface area contributed by atoms with Crippen molar-refractivity contribution in [1.29, 1.82) is 0 Å². The molecule has 5 N–H and O–H groups in total. The standard InChI is InChI=1S/C13H22N6/c14-10-7-19(8-10)12-5-11(17-13(15)18-12)16-6-9-3-1-2-4-9/h5,9-10H,1-4,6-8,14H2,(H3,15,16,17,18). The normalized spacial score (nSPS) is 20.6. The first-order valence-electron chi connectivity index (χ1n) is 7.09. The fourth-order valence-electron chi connectivity index (χ4n) is 2.87. The quantitative estimate of drug-likeness (QED) is 0.743. The third-order valence-electron chi connectivity index (χ3n) is 4.01. The lowest BCUT2D eigenvalue weighted by Crippen LogP contribution is -2.56. The first-order valence-corrected chi connectivity index (χ1v) is 7.09. The number of hydrogen-bond donors (Lipinski definition) is 3. The zero-order valence-corrected chi connectivity index (χ0v) is 11.2. The molecule has 1 aliphatic heterocycles. The second-order valence-electron chi connectivity index (χ2n) is 5.67. The van der Waals surface area contributed by atoms with E-state index < -0.39 is 0 Å². The van der Waals surface area contributed by atoms with Crippen LogP contribution in [0.1, 0.15) is 25.7 Å². The van der Waals surface area contributed by atoms with Gasteiger partial charge in [-0.05, 0) is 18.8 Å². The maximum Gasteiger partial charge on any atom is 0.223 e. The van der Waals surface area contributed by atoms with Crippen LogP contribution in [0, 0.1) is 5.92 Å². The molecule has 0 aromatic carbocycles. The fraction of sp³-hybridized carbons (Fsp3) is 0.692. The van der Waals surface area contributed by atoms with Crippen molar-refractivity contribution in [3.8, 4) is 0 Å². The van der Waals surface area contributed by atoms with E-state index in [1.165, 1.54) is 25.7 Å². The van der Waals surface area contributed by atoms with Gasteiger partial charge in [0.1, 0.15) is 11.6 Å². The van der Waals surface area contributed by atoms with Crippen molar-refractivity contribution in [2.45, 2.75) is 31.7 Å². The first-order chi connectivity index (χ1) is 9.20. The van der Waals surface area contributed by atoms with E-state index in [2.05, 4.69) is 20.2 Å². The number of rotatable bonds is 4. The molecule has 1 aliphatic carbocycles. The van der Waals surface area contributed by atoms with Gasteiger partial charge >= 0.3 is 0 Å². The minimum atomic E-state index is 0.256. The van der Waals surface area contributed by atoms with Crippen molar-refractivity contribution in [3.05, 3.63) is 6.07 Å². The summed E-state index contributed by atoms with van der Waals surface area (Å²) in [6.07, 6.45) is 5.35. The molecule has 0 radical (unpaired) electrons. The lowest BCUT2D eigenvalue weighted by atomic mass is 10.1. The largest absolute Gasteiger partial charge is 0.370 e. The van der Waals surface area contributed by atoms with Crippen molar-refractivity contribution < 1.29 is 0 Å². The lowest BCUT2D eigenvalue weighted by Gasteiger charge is -2.37. The van der Waals surface area contributed by atoms with Crippen LogP contribution in [0.4, 0.5) is 17.6 Å². The zero-order chi connectivity index (χ0) is 13.2. The number of nitrogens with two attached hydrogens (primary N) is 2. The van der Waals surface area contributed by atoms with Crippen molar-refractivity contribution >= 4 is 17.6 Å². The van der Waals surface area contributed by atoms with E-state index in [-0.39, 0.29) is 6.04 Å². The van der Waals surface area contributed by atoms with Gasteiger partial charge < -0.3 is 21.7 Å². The molecule has 2 heterocycles. The third kappa shape index (κ3) is 2.89. The van der Waals surface area contributed by atoms with Crippen LogP contribution in [0.25, 0.3) is 0 Å². The zero-order valence-electron chi connectivity index (χ0n) is 11.2. The Bertz CT molecular complexity index is 437. The SMILES string of the molecule is Nc1nc(NCC2CCCC2)cc(N2CC(N)C2)n1. The summed E-state index contributed by atoms with van der Waals surface area (Å²) in [7, 11) is 0. The summed E-state index contributed by atoms with van der Waals surface area (Å²) in [5, 5.41) is 3.39. The van der Waals surface area contributed by atoms with E-state index in [9.17, 15) is 0 Å². The van der Waals surface area contributed by atoms with Gasteiger partial charge in [-0.15, -0.1) is 0 Å². The molecular formula is C13H22N6. The molecule has 2 fully saturated rings. The molecule has 0 bridgehead atoms. The van der Waals surface area contributed by atoms with Crippen LogP contribution in [-0.4, -0.2) is 35.6 Å². The molecule has 1 aromatic rings. The Kier molecular flexibility index (Phi) is 3.42. The molecule has 0 atom stereocenters. The summed E-state index contributed by atoms with van der Waals surface area (Å²) in [5.41, 5.74) is 11.6. The molecule has 6 heteroatoms. The van der Waals surface area contributed by atoms with Crippen LogP contribution < -0.4 is 21.7 Å². The molecule has 2 aliphatic rings. The van der Waals surface area contributed by atoms with Gasteiger partial charge in [0.15, 0.2) is 0 Å². The van der Waals surface area contributed by atoms with Crippen molar-refractivity contribution in [2.24, 2.45) is 11.7 Å². The van der Waals surface area contributed by atoms with E-state index in [1.807, 2.05) is 6.07 Å². The molecular weight excluding hydrogens is 240 g/mol. The molecule has 1 aromatic heterocycles. The number of nitrogen functional groups attached to an aromatic ring is 1. The Hall–Kier alpha value is -1.56. The van der Waals surface area contributed by atoms with E-state index in [1.54, 1.807) is 0 Å². The van der Waals surface area contributed by atoms with Crippen LogP contribution >= 0.6 is 0 Å². The van der Waals surface area contributed by atoms with Crippen molar-refractivity contribution in [1.82, 2.24) is 9.97 Å². The predicted octanol–water partition coefficient (Wildman–Crippen LogP) is 0.808. The second kappa shape index (κ2) is 5.21. The lowest BCUT2D eigenvalue weighted by molar-refractivity contribution is 0.514. The maximum absolute atomic E-state index is 5.79. The maximum atomic E-state index is 5.79. The minimum Gasteiger partial charge on any atom is -0.370 e. The van der Waals surface area contributed by atoms with Gasteiger partial charge in [0.05, 0.1) is 0 Å². The number of nitrogens with zero attached hydrogens (tertiary/aromatic N) is 3. The summed E-state index contributed by atoms with van der Waals surface area (Å²) in [4.78, 5) is 10.6. The smallest absolute Gasteiger partial charge is 0.223 e. The van der Waals surface area contributed by atoms with Crippen LogP contribution in [0.5, 0.6) is 0 Å². The fourth-order valence-corrected chi connectivity index (χ4v) is 2.87. The summed E-state index contributed by atoms with van der Waals surface area (Å²) >= 11 is 0. The van der Waals surface area contributed by atoms with Crippen molar-refractivity contribution in [2.75, 3.05) is 35.6 Å². The number of nitrogens with one attached hydrogen (secondary N) is 1. The molecule has 1 saturated carbocycles. The van der Waals surface area contributed by atoms with Crippen LogP contribution in [0.2, 0.25) is 0 Å². The van der Waals surface area contributed by atoms with Gasteiger partial charge in [0, 0.05) is 31.7 Å². The molecule has 3 rings (SSSR count). The number of aromatic nitrogens is 2. The Morgan fingerprint density at radius 3 is 2.68 bits per heavy atom. The average molecular weight is 262 g/mol. The highest BCUT2D eigenvalue weighted by Gasteiger charge is 2.25. The average Bonchev–Trinajstić information content (AvgIpc) is 2.85. The van der Waals surface area contributed by atoms with Gasteiger partial charge in [0.25, 0.3) is 0 Å². The number of hydrogen-bond acceptors (Lipinski definition) is 6. The summed E-state index contributed by atoms with van der Waals surface area (Å²) < 4.78 is 0. The van der Waals surface area contributed by atoms with Gasteiger partial charge in [-0.25, -0.2) is 0 Å². The van der Waals surface area contributed by atoms with E-state index in [0.717, 1.165) is 37.2 Å². The third-order valence-corrected chi connectivity index (χ3v) is 4.01.